The molecule has 0 bridgehead atoms. The minimum Gasteiger partial charge on any atom is -0.386 e. The number of nitrogens with zero attached hydrogens (tertiary/aromatic N) is 2. The van der Waals surface area contributed by atoms with Gasteiger partial charge in [-0.15, -0.1) is 10.2 Å². The van der Waals surface area contributed by atoms with Crippen molar-refractivity contribution in [2.45, 2.75) is 12.3 Å². The molecule has 0 aliphatic carbocycles. The molecule has 0 spiro atoms. The molecule has 1 aromatic carbocycles. The average molecular weight is 358 g/mol. The van der Waals surface area contributed by atoms with E-state index in [1.54, 1.807) is 18.2 Å². The van der Waals surface area contributed by atoms with Gasteiger partial charge in [0.25, 0.3) is 0 Å². The van der Waals surface area contributed by atoms with Gasteiger partial charge in [0, 0.05) is 22.2 Å². The summed E-state index contributed by atoms with van der Waals surface area (Å²) in [5, 5.41) is 18.4. The number of aliphatic hydroxyl groups is 1. The number of halogens is 5. The minimum absolute atomic E-state index is 0.0513. The van der Waals surface area contributed by atoms with E-state index in [0.717, 1.165) is 0 Å². The lowest BCUT2D eigenvalue weighted by Gasteiger charge is -2.14. The van der Waals surface area contributed by atoms with Gasteiger partial charge in [-0.05, 0) is 12.1 Å². The SMILES string of the molecule is OC(CNc1nnc(C(F)(F)F)s1)c1c(Cl)cccc1Cl. The van der Waals surface area contributed by atoms with Crippen LogP contribution in [0.25, 0.3) is 0 Å². The lowest BCUT2D eigenvalue weighted by atomic mass is 10.1. The first-order chi connectivity index (χ1) is 9.79. The van der Waals surface area contributed by atoms with Gasteiger partial charge in [-0.2, -0.15) is 13.2 Å². The maximum atomic E-state index is 12.4. The Hall–Kier alpha value is -1.09. The predicted octanol–water partition coefficient (Wildman–Crippen LogP) is 4.01. The fourth-order valence-electron chi connectivity index (χ4n) is 1.52. The predicted molar refractivity (Wildman–Crippen MR) is 74.8 cm³/mol. The van der Waals surface area contributed by atoms with E-state index in [0.29, 0.717) is 16.9 Å². The number of aliphatic hydroxyl groups excluding tert-OH is 1. The highest BCUT2D eigenvalue weighted by molar-refractivity contribution is 7.15. The van der Waals surface area contributed by atoms with Gasteiger partial charge in [0.05, 0.1) is 6.10 Å². The van der Waals surface area contributed by atoms with Crippen LogP contribution in [0.15, 0.2) is 18.2 Å². The first-order valence-corrected chi connectivity index (χ1v) is 7.13. The van der Waals surface area contributed by atoms with Crippen molar-refractivity contribution in [1.29, 1.82) is 0 Å². The van der Waals surface area contributed by atoms with Gasteiger partial charge < -0.3 is 10.4 Å². The Morgan fingerprint density at radius 2 is 1.86 bits per heavy atom. The van der Waals surface area contributed by atoms with E-state index in [1.807, 2.05) is 0 Å². The normalized spacial score (nSPS) is 13.2. The van der Waals surface area contributed by atoms with Gasteiger partial charge in [0.1, 0.15) is 0 Å². The molecule has 2 aromatic rings. The molecular formula is C11H8Cl2F3N3OS. The van der Waals surface area contributed by atoms with Crippen LogP contribution < -0.4 is 5.32 Å². The van der Waals surface area contributed by atoms with Crippen LogP contribution in [-0.4, -0.2) is 21.8 Å². The number of rotatable bonds is 4. The molecule has 4 nitrogen and oxygen atoms in total. The van der Waals surface area contributed by atoms with Crippen LogP contribution in [-0.2, 0) is 6.18 Å². The third-order valence-electron chi connectivity index (χ3n) is 2.45. The minimum atomic E-state index is -4.54. The molecule has 1 aromatic heterocycles. The van der Waals surface area contributed by atoms with Gasteiger partial charge in [-0.1, -0.05) is 40.6 Å². The molecule has 2 rings (SSSR count). The first kappa shape index (κ1) is 16.3. The summed E-state index contributed by atoms with van der Waals surface area (Å²) in [5.41, 5.74) is 0.300. The van der Waals surface area contributed by atoms with E-state index < -0.39 is 17.3 Å². The maximum absolute atomic E-state index is 12.4. The van der Waals surface area contributed by atoms with Crippen molar-refractivity contribution < 1.29 is 18.3 Å². The first-order valence-electron chi connectivity index (χ1n) is 5.55. The summed E-state index contributed by atoms with van der Waals surface area (Å²) in [5.74, 6) is 0. The van der Waals surface area contributed by atoms with Crippen molar-refractivity contribution >= 4 is 39.7 Å². The number of aromatic nitrogens is 2. The molecule has 10 heteroatoms. The largest absolute Gasteiger partial charge is 0.445 e. The molecule has 1 unspecified atom stereocenters. The Morgan fingerprint density at radius 1 is 1.24 bits per heavy atom. The van der Waals surface area contributed by atoms with E-state index in [2.05, 4.69) is 15.5 Å². The second-order valence-electron chi connectivity index (χ2n) is 3.94. The van der Waals surface area contributed by atoms with Crippen LogP contribution in [0.3, 0.4) is 0 Å². The molecule has 0 aliphatic rings. The third kappa shape index (κ3) is 3.97. The number of nitrogens with one attached hydrogen (secondary N) is 1. The zero-order valence-corrected chi connectivity index (χ0v) is 12.5. The van der Waals surface area contributed by atoms with E-state index in [4.69, 9.17) is 23.2 Å². The second kappa shape index (κ2) is 6.35. The number of hydrogen-bond acceptors (Lipinski definition) is 5. The molecule has 21 heavy (non-hydrogen) atoms. The molecule has 1 atom stereocenters. The van der Waals surface area contributed by atoms with E-state index in [-0.39, 0.29) is 21.7 Å². The average Bonchev–Trinajstić information content (AvgIpc) is 2.84. The van der Waals surface area contributed by atoms with Crippen LogP contribution in [0.1, 0.15) is 16.7 Å². The summed E-state index contributed by atoms with van der Waals surface area (Å²) in [6, 6.07) is 4.73. The standard InChI is InChI=1S/C11H8Cl2F3N3OS/c12-5-2-1-3-6(13)8(5)7(20)4-17-10-19-18-9(21-10)11(14,15)16/h1-3,7,20H,4H2,(H,17,19). The van der Waals surface area contributed by atoms with Crippen molar-refractivity contribution in [2.75, 3.05) is 11.9 Å². The van der Waals surface area contributed by atoms with Crippen molar-refractivity contribution in [1.82, 2.24) is 10.2 Å². The molecule has 0 aliphatic heterocycles. The lowest BCUT2D eigenvalue weighted by Crippen LogP contribution is -2.13. The maximum Gasteiger partial charge on any atom is 0.445 e. The van der Waals surface area contributed by atoms with E-state index >= 15 is 0 Å². The molecule has 0 saturated heterocycles. The Balaban J connectivity index is 2.05. The summed E-state index contributed by atoms with van der Waals surface area (Å²) >= 11 is 12.2. The quantitative estimate of drug-likeness (QED) is 0.867. The molecule has 2 N–H and O–H groups in total. The zero-order chi connectivity index (χ0) is 15.6. The van der Waals surface area contributed by atoms with Gasteiger partial charge in [-0.25, -0.2) is 0 Å². The Morgan fingerprint density at radius 3 is 2.38 bits per heavy atom. The monoisotopic (exact) mass is 357 g/mol. The van der Waals surface area contributed by atoms with Crippen molar-refractivity contribution in [3.8, 4) is 0 Å². The number of alkyl halides is 3. The molecule has 0 fully saturated rings. The van der Waals surface area contributed by atoms with Crippen LogP contribution >= 0.6 is 34.5 Å². The summed E-state index contributed by atoms with van der Waals surface area (Å²) in [6.07, 6.45) is -5.63. The van der Waals surface area contributed by atoms with Crippen molar-refractivity contribution in [3.63, 3.8) is 0 Å². The van der Waals surface area contributed by atoms with E-state index in [1.165, 1.54) is 0 Å². The summed E-state index contributed by atoms with van der Waals surface area (Å²) in [7, 11) is 0. The van der Waals surface area contributed by atoms with Crippen LogP contribution in [0.5, 0.6) is 0 Å². The van der Waals surface area contributed by atoms with Gasteiger partial charge in [0.15, 0.2) is 0 Å². The van der Waals surface area contributed by atoms with Gasteiger partial charge >= 0.3 is 6.18 Å². The van der Waals surface area contributed by atoms with Crippen LogP contribution in [0, 0.1) is 0 Å². The lowest BCUT2D eigenvalue weighted by molar-refractivity contribution is -0.138. The highest BCUT2D eigenvalue weighted by Gasteiger charge is 2.35. The molecule has 0 radical (unpaired) electrons. The Bertz CT molecular complexity index is 615. The molecule has 0 amide bonds. The van der Waals surface area contributed by atoms with Crippen molar-refractivity contribution in [3.05, 3.63) is 38.8 Å². The van der Waals surface area contributed by atoms with Crippen LogP contribution in [0.2, 0.25) is 10.0 Å². The van der Waals surface area contributed by atoms with Gasteiger partial charge in [-0.3, -0.25) is 0 Å². The molecule has 0 saturated carbocycles. The summed E-state index contributed by atoms with van der Waals surface area (Å²) < 4.78 is 37.1. The van der Waals surface area contributed by atoms with E-state index in [9.17, 15) is 18.3 Å². The smallest absolute Gasteiger partial charge is 0.386 e. The number of anilines is 1. The molecular weight excluding hydrogens is 350 g/mol. The van der Waals surface area contributed by atoms with Gasteiger partial charge in [0.2, 0.25) is 10.1 Å². The summed E-state index contributed by atoms with van der Waals surface area (Å²) in [6.45, 7) is -0.101. The van der Waals surface area contributed by atoms with Crippen LogP contribution in [0.4, 0.5) is 18.3 Å². The Kier molecular flexibility index (Phi) is 4.92. The Labute approximate surface area is 131 Å². The number of benzene rings is 1. The third-order valence-corrected chi connectivity index (χ3v) is 4.03. The molecule has 114 valence electrons. The zero-order valence-electron chi connectivity index (χ0n) is 10.2. The van der Waals surface area contributed by atoms with Crippen molar-refractivity contribution in [2.24, 2.45) is 0 Å². The highest BCUT2D eigenvalue weighted by atomic mass is 35.5. The molecule has 1 heterocycles. The second-order valence-corrected chi connectivity index (χ2v) is 5.73. The number of hydrogen-bond donors (Lipinski definition) is 2. The fraction of sp³-hybridized carbons (Fsp3) is 0.273. The fourth-order valence-corrected chi connectivity index (χ4v) is 2.79. The highest BCUT2D eigenvalue weighted by Crippen LogP contribution is 2.34. The topological polar surface area (TPSA) is 58.0 Å². The summed E-state index contributed by atoms with van der Waals surface area (Å²) in [4.78, 5) is 0.